The Kier molecular flexibility index (Phi) is 22.6. The summed E-state index contributed by atoms with van der Waals surface area (Å²) in [4.78, 5) is 94.0. The second-order valence-corrected chi connectivity index (χ2v) is 23.5. The van der Waals surface area contributed by atoms with Crippen molar-refractivity contribution >= 4 is 84.7 Å². The molecule has 16 N–H and O–H groups in total. The number of aliphatic carboxylic acids is 2. The lowest BCUT2D eigenvalue weighted by Crippen LogP contribution is -2.54. The minimum atomic E-state index is -1.35. The quantitative estimate of drug-likeness (QED) is 0.0225. The van der Waals surface area contributed by atoms with Crippen LogP contribution in [0.25, 0.3) is 43.6 Å². The molecule has 0 radical (unpaired) electrons. The number of para-hydroxylation sites is 4. The van der Waals surface area contributed by atoms with Gasteiger partial charge in [-0.3, -0.25) is 33.6 Å². The number of fused-ring (bicyclic) bond motifs is 4. The minimum absolute atomic E-state index is 0.102. The average molecular weight is 1150 g/mol. The molecular weight excluding hydrogens is 1060 g/mol. The first kappa shape index (κ1) is 66.3. The zero-order valence-electron chi connectivity index (χ0n) is 49.8. The molecule has 4 aromatic heterocycles. The Bertz CT molecular complexity index is 3500. The fourth-order valence-electron chi connectivity index (χ4n) is 8.73. The first-order chi connectivity index (χ1) is 39.3. The molecule has 0 aliphatic heterocycles. The standard InChI is InChI=1S/C17H22N2O3.2C16H21N3O2.C16H20N2O2/c1-17(2,16(21)22)15(20)8-7-12(18)9-11-10-19-14-6-4-3-5-13(11)14;2*1-10(20)16(2,3)19-15(21)13(17)8-11-9-18-14-7-5-4-6-12(11)14;1-16(2,15(19)20)8-7-12(17)9-11-10-18-14-6-4-3-5-13(11)14/h3-6,10,12,19H,7-9,18H2,1-2H3,(H,21,22);2*4-7,9,13,18H,8,17H2,1-3H3,(H,19,21);3-8,10,12,18H,9,17H2,1-2H3,(H,19,20)/b;;;8-7+/t12-;;;12-/m0..0/s1. The van der Waals surface area contributed by atoms with E-state index in [0.29, 0.717) is 32.1 Å². The van der Waals surface area contributed by atoms with E-state index in [0.717, 1.165) is 65.9 Å². The highest BCUT2D eigenvalue weighted by Gasteiger charge is 2.35. The zero-order chi connectivity index (χ0) is 62.3. The Morgan fingerprint density at radius 1 is 0.488 bits per heavy atom. The third-order valence-corrected chi connectivity index (χ3v) is 15.1. The number of aromatic amines is 4. The Morgan fingerprint density at radius 3 is 1.13 bits per heavy atom. The van der Waals surface area contributed by atoms with Crippen molar-refractivity contribution in [3.8, 4) is 0 Å². The number of nitrogens with one attached hydrogen (secondary N) is 6. The highest BCUT2D eigenvalue weighted by atomic mass is 16.4. The fourth-order valence-corrected chi connectivity index (χ4v) is 8.73. The highest BCUT2D eigenvalue weighted by Crippen LogP contribution is 2.25. The van der Waals surface area contributed by atoms with E-state index in [1.54, 1.807) is 53.7 Å². The maximum Gasteiger partial charge on any atom is 0.316 e. The Hall–Kier alpha value is -8.49. The van der Waals surface area contributed by atoms with Gasteiger partial charge in [-0.2, -0.15) is 0 Å². The van der Waals surface area contributed by atoms with Crippen molar-refractivity contribution in [1.29, 1.82) is 0 Å². The number of carboxylic acids is 2. The summed E-state index contributed by atoms with van der Waals surface area (Å²) in [5.41, 5.74) is 28.5. The van der Waals surface area contributed by atoms with Gasteiger partial charge in [-0.1, -0.05) is 84.9 Å². The first-order valence-electron chi connectivity index (χ1n) is 27.9. The van der Waals surface area contributed by atoms with E-state index in [2.05, 4.69) is 36.6 Å². The lowest BCUT2D eigenvalue weighted by atomic mass is 9.85. The predicted octanol–water partition coefficient (Wildman–Crippen LogP) is 8.25. The molecule has 8 aromatic rings. The van der Waals surface area contributed by atoms with E-state index in [1.165, 1.54) is 27.7 Å². The monoisotopic (exact) mass is 1150 g/mol. The van der Waals surface area contributed by atoms with Gasteiger partial charge in [0.2, 0.25) is 11.8 Å². The first-order valence-corrected chi connectivity index (χ1v) is 27.9. The smallest absolute Gasteiger partial charge is 0.316 e. The van der Waals surface area contributed by atoms with Gasteiger partial charge in [0, 0.05) is 86.9 Å². The number of carbonyl (C=O) groups excluding carboxylic acids is 5. The van der Waals surface area contributed by atoms with Gasteiger partial charge in [-0.05, 0) is 148 Å². The Morgan fingerprint density at radius 2 is 0.810 bits per heavy atom. The Balaban J connectivity index is 0.000000205. The number of aromatic nitrogens is 4. The minimum Gasteiger partial charge on any atom is -0.481 e. The van der Waals surface area contributed by atoms with Gasteiger partial charge in [-0.25, -0.2) is 0 Å². The molecule has 19 nitrogen and oxygen atoms in total. The molecule has 84 heavy (non-hydrogen) atoms. The number of nitrogens with two attached hydrogens (primary N) is 4. The lowest BCUT2D eigenvalue weighted by Gasteiger charge is -2.25. The highest BCUT2D eigenvalue weighted by molar-refractivity contribution is 6.02. The van der Waals surface area contributed by atoms with Crippen LogP contribution in [-0.4, -0.2) is 106 Å². The molecule has 2 amide bonds. The molecule has 4 aromatic carbocycles. The van der Waals surface area contributed by atoms with E-state index < -0.39 is 45.9 Å². The van der Waals surface area contributed by atoms with E-state index in [-0.39, 0.29) is 47.7 Å². The summed E-state index contributed by atoms with van der Waals surface area (Å²) in [6.45, 7) is 15.8. The predicted molar refractivity (Wildman–Crippen MR) is 332 cm³/mol. The van der Waals surface area contributed by atoms with Crippen LogP contribution in [0.15, 0.2) is 134 Å². The molecule has 448 valence electrons. The van der Waals surface area contributed by atoms with Gasteiger partial charge in [0.25, 0.3) is 0 Å². The zero-order valence-corrected chi connectivity index (χ0v) is 49.8. The molecular formula is C65H84N10O9. The van der Waals surface area contributed by atoms with Crippen LogP contribution in [0, 0.1) is 10.8 Å². The van der Waals surface area contributed by atoms with Crippen LogP contribution in [0.5, 0.6) is 0 Å². The van der Waals surface area contributed by atoms with E-state index in [4.69, 9.17) is 33.1 Å². The maximum atomic E-state index is 12.1. The van der Waals surface area contributed by atoms with Crippen molar-refractivity contribution < 1.29 is 43.8 Å². The second kappa shape index (κ2) is 28.7. The third-order valence-electron chi connectivity index (χ3n) is 15.1. The number of benzene rings is 4. The van der Waals surface area contributed by atoms with Crippen LogP contribution < -0.4 is 33.6 Å². The van der Waals surface area contributed by atoms with E-state index in [9.17, 15) is 33.6 Å². The summed E-state index contributed by atoms with van der Waals surface area (Å²) in [5.74, 6) is -3.07. The van der Waals surface area contributed by atoms with Crippen LogP contribution in [0.1, 0.15) is 104 Å². The number of ketones is 3. The molecule has 0 bridgehead atoms. The summed E-state index contributed by atoms with van der Waals surface area (Å²) in [6.07, 6.45) is 13.9. The van der Waals surface area contributed by atoms with Gasteiger partial charge in [0.05, 0.1) is 28.6 Å². The van der Waals surface area contributed by atoms with E-state index >= 15 is 0 Å². The summed E-state index contributed by atoms with van der Waals surface area (Å²) in [5, 5.41) is 27.9. The molecule has 0 saturated carbocycles. The molecule has 0 aliphatic carbocycles. The average Bonchev–Trinajstić information content (AvgIpc) is 4.01. The summed E-state index contributed by atoms with van der Waals surface area (Å²) in [7, 11) is 0. The number of Topliss-reactive ketones (excluding diaryl/α,β-unsaturated/α-hetero) is 3. The normalized spacial score (nSPS) is 13.4. The second-order valence-electron chi connectivity index (χ2n) is 23.5. The van der Waals surface area contributed by atoms with Crippen LogP contribution in [-0.2, 0) is 59.2 Å². The molecule has 4 heterocycles. The molecule has 4 atom stereocenters. The van der Waals surface area contributed by atoms with Crippen molar-refractivity contribution in [2.45, 2.75) is 143 Å². The van der Waals surface area contributed by atoms with Crippen molar-refractivity contribution in [3.63, 3.8) is 0 Å². The van der Waals surface area contributed by atoms with Gasteiger partial charge in [0.1, 0.15) is 11.2 Å². The number of amides is 2. The third kappa shape index (κ3) is 18.0. The number of carboxylic acid groups (broad SMARTS) is 2. The lowest BCUT2D eigenvalue weighted by molar-refractivity contribution is -0.152. The number of H-pyrrole nitrogens is 4. The molecule has 0 saturated heterocycles. The number of hydrogen-bond acceptors (Lipinski definition) is 11. The van der Waals surface area contributed by atoms with Gasteiger partial charge in [0.15, 0.2) is 11.6 Å². The fraction of sp³-hybridized carbons (Fsp3) is 0.369. The molecule has 0 fully saturated rings. The van der Waals surface area contributed by atoms with Crippen LogP contribution >= 0.6 is 0 Å². The molecule has 8 rings (SSSR count). The summed E-state index contributed by atoms with van der Waals surface area (Å²) < 4.78 is 0. The van der Waals surface area contributed by atoms with Crippen molar-refractivity contribution in [3.05, 3.63) is 156 Å². The largest absolute Gasteiger partial charge is 0.481 e. The molecule has 19 heteroatoms. The molecule has 0 aliphatic rings. The summed E-state index contributed by atoms with van der Waals surface area (Å²) in [6, 6.07) is 30.0. The van der Waals surface area contributed by atoms with Crippen LogP contribution in [0.4, 0.5) is 0 Å². The number of carbonyl (C=O) groups is 7. The van der Waals surface area contributed by atoms with Gasteiger partial charge in [-0.15, -0.1) is 0 Å². The van der Waals surface area contributed by atoms with Crippen LogP contribution in [0.3, 0.4) is 0 Å². The van der Waals surface area contributed by atoms with Crippen molar-refractivity contribution in [1.82, 2.24) is 30.6 Å². The SMILES string of the molecule is CC(=O)C(C)(C)NC(=O)C(N)Cc1c[nH]c2ccccc12.CC(=O)C(C)(C)NC(=O)C(N)Cc1c[nH]c2ccccc12.CC(C)(/C=C/[C@H](N)Cc1c[nH]c2ccccc12)C(=O)O.CC(C)(C(=O)O)C(=O)CC[C@H](N)Cc1c[nH]c2ccccc12. The van der Waals surface area contributed by atoms with Crippen LogP contribution in [0.2, 0.25) is 0 Å². The van der Waals surface area contributed by atoms with Crippen molar-refractivity contribution in [2.24, 2.45) is 33.8 Å². The van der Waals surface area contributed by atoms with Gasteiger partial charge < -0.3 is 63.7 Å². The van der Waals surface area contributed by atoms with Crippen molar-refractivity contribution in [2.75, 3.05) is 0 Å². The maximum absolute atomic E-state index is 12.1. The van der Waals surface area contributed by atoms with E-state index in [1.807, 2.05) is 116 Å². The number of rotatable bonds is 22. The topological polar surface area (TPSA) is 351 Å². The molecule has 0 spiro atoms. The Labute approximate surface area is 490 Å². The number of hydrogen-bond donors (Lipinski definition) is 12. The molecule has 2 unspecified atom stereocenters. The van der Waals surface area contributed by atoms with Gasteiger partial charge >= 0.3 is 11.9 Å². The summed E-state index contributed by atoms with van der Waals surface area (Å²) >= 11 is 0.